The van der Waals surface area contributed by atoms with Gasteiger partial charge in [-0.2, -0.15) is 0 Å². The van der Waals surface area contributed by atoms with E-state index in [4.69, 9.17) is 34.6 Å². The van der Waals surface area contributed by atoms with E-state index in [0.29, 0.717) is 45.0 Å². The molecule has 0 radical (unpaired) electrons. The fraction of sp³-hybridized carbons (Fsp3) is 0.235. The zero-order chi connectivity index (χ0) is 33.3. The van der Waals surface area contributed by atoms with Gasteiger partial charge in [0.2, 0.25) is 12.6 Å². The molecule has 13 heteroatoms. The number of furan rings is 2. The van der Waals surface area contributed by atoms with E-state index in [0.717, 1.165) is 0 Å². The van der Waals surface area contributed by atoms with Crippen LogP contribution >= 0.6 is 11.6 Å². The first kappa shape index (κ1) is 32.0. The number of aryl methyl sites for hydroxylation is 1. The molecular formula is C34H31ClN2O9S. The van der Waals surface area contributed by atoms with E-state index in [-0.39, 0.29) is 60.2 Å². The number of esters is 1. The fourth-order valence-electron chi connectivity index (χ4n) is 5.48. The molecule has 6 rings (SSSR count). The molecule has 0 bridgehead atoms. The van der Waals surface area contributed by atoms with Crippen LogP contribution in [0.4, 0.5) is 5.69 Å². The number of carbonyl (C=O) groups excluding carboxylic acids is 2. The Bertz CT molecular complexity index is 2070. The number of sulfonamides is 1. The van der Waals surface area contributed by atoms with Crippen LogP contribution in [0.25, 0.3) is 11.0 Å². The van der Waals surface area contributed by atoms with Crippen LogP contribution in [-0.2, 0) is 27.8 Å². The maximum Gasteiger partial charge on any atom is 0.374 e. The van der Waals surface area contributed by atoms with Crippen LogP contribution < -0.4 is 13.8 Å². The number of benzene rings is 3. The first-order chi connectivity index (χ1) is 22.6. The molecule has 1 aliphatic rings. The molecule has 244 valence electrons. The molecule has 47 heavy (non-hydrogen) atoms. The van der Waals surface area contributed by atoms with Crippen LogP contribution in [-0.4, -0.2) is 45.1 Å². The minimum atomic E-state index is -4.20. The summed E-state index contributed by atoms with van der Waals surface area (Å²) in [5.74, 6) is 0.325. The minimum absolute atomic E-state index is 0.0154. The second-order valence-electron chi connectivity index (χ2n) is 10.7. The lowest BCUT2D eigenvalue weighted by Gasteiger charge is -2.29. The quantitative estimate of drug-likeness (QED) is 0.136. The first-order valence-corrected chi connectivity index (χ1v) is 16.7. The molecule has 0 unspecified atom stereocenters. The van der Waals surface area contributed by atoms with Gasteiger partial charge in [-0.15, -0.1) is 0 Å². The Labute approximate surface area is 276 Å². The summed E-state index contributed by atoms with van der Waals surface area (Å²) in [6, 6.07) is 17.9. The zero-order valence-electron chi connectivity index (χ0n) is 25.8. The van der Waals surface area contributed by atoms with Crippen LogP contribution in [0.1, 0.15) is 51.6 Å². The number of ether oxygens (including phenoxy) is 3. The number of amides is 1. The second kappa shape index (κ2) is 13.0. The summed E-state index contributed by atoms with van der Waals surface area (Å²) in [4.78, 5) is 27.9. The smallest absolute Gasteiger partial charge is 0.374 e. The summed E-state index contributed by atoms with van der Waals surface area (Å²) in [6.45, 7) is 5.31. The lowest BCUT2D eigenvalue weighted by Crippen LogP contribution is -2.34. The van der Waals surface area contributed by atoms with Crippen molar-refractivity contribution in [3.05, 3.63) is 106 Å². The third kappa shape index (κ3) is 6.13. The molecule has 1 amide bonds. The molecule has 1 aliphatic heterocycles. The van der Waals surface area contributed by atoms with E-state index in [2.05, 4.69) is 0 Å². The Hall–Kier alpha value is -4.94. The Morgan fingerprint density at radius 1 is 0.957 bits per heavy atom. The molecule has 5 aromatic rings. The Balaban J connectivity index is 1.42. The van der Waals surface area contributed by atoms with E-state index in [1.54, 1.807) is 69.3 Å². The largest absolute Gasteiger partial charge is 0.467 e. The Morgan fingerprint density at radius 2 is 1.72 bits per heavy atom. The van der Waals surface area contributed by atoms with Gasteiger partial charge in [0.15, 0.2) is 11.5 Å². The van der Waals surface area contributed by atoms with Gasteiger partial charge in [-0.3, -0.25) is 9.10 Å². The van der Waals surface area contributed by atoms with Gasteiger partial charge in [-0.25, -0.2) is 13.2 Å². The van der Waals surface area contributed by atoms with Crippen molar-refractivity contribution < 1.29 is 41.1 Å². The topological polar surface area (TPSA) is 129 Å². The number of nitrogens with zero attached hydrogens (tertiary/aromatic N) is 2. The highest BCUT2D eigenvalue weighted by Crippen LogP contribution is 2.41. The third-order valence-electron chi connectivity index (χ3n) is 7.77. The number of anilines is 1. The molecule has 0 fully saturated rings. The molecular weight excluding hydrogens is 648 g/mol. The highest BCUT2D eigenvalue weighted by atomic mass is 35.5. The van der Waals surface area contributed by atoms with Gasteiger partial charge in [0.25, 0.3) is 15.9 Å². The van der Waals surface area contributed by atoms with Crippen LogP contribution in [0, 0.1) is 6.92 Å². The van der Waals surface area contributed by atoms with Crippen molar-refractivity contribution in [2.45, 2.75) is 38.8 Å². The molecule has 0 N–H and O–H groups in total. The van der Waals surface area contributed by atoms with E-state index in [1.807, 2.05) is 0 Å². The summed E-state index contributed by atoms with van der Waals surface area (Å²) < 4.78 is 57.6. The summed E-state index contributed by atoms with van der Waals surface area (Å²) in [6.07, 6.45) is 1.51. The molecule has 0 spiro atoms. The lowest BCUT2D eigenvalue weighted by molar-refractivity contribution is 0.0491. The summed E-state index contributed by atoms with van der Waals surface area (Å²) in [7, 11) is -4.20. The first-order valence-electron chi connectivity index (χ1n) is 14.8. The van der Waals surface area contributed by atoms with Gasteiger partial charge in [0.05, 0.1) is 40.6 Å². The van der Waals surface area contributed by atoms with Crippen LogP contribution in [0.2, 0.25) is 5.02 Å². The molecule has 0 aliphatic carbocycles. The SMILES string of the molecule is CCOC(=O)c1oc2ccc(S(=O)(=O)N(CC)c3cc4c(cc3CN(Cc3ccco3)C(=O)c3ccccc3Cl)OCO4)cc2c1C. The minimum Gasteiger partial charge on any atom is -0.467 e. The van der Waals surface area contributed by atoms with Crippen molar-refractivity contribution in [2.24, 2.45) is 0 Å². The molecule has 3 heterocycles. The van der Waals surface area contributed by atoms with Gasteiger partial charge in [0, 0.05) is 30.1 Å². The number of hydrogen-bond donors (Lipinski definition) is 0. The Kier molecular flexibility index (Phi) is 8.89. The van der Waals surface area contributed by atoms with Gasteiger partial charge in [-0.05, 0) is 74.9 Å². The van der Waals surface area contributed by atoms with Gasteiger partial charge >= 0.3 is 5.97 Å². The van der Waals surface area contributed by atoms with E-state index in [1.165, 1.54) is 33.7 Å². The van der Waals surface area contributed by atoms with Crippen LogP contribution in [0.15, 0.2) is 86.7 Å². The van der Waals surface area contributed by atoms with Crippen molar-refractivity contribution in [1.82, 2.24) is 4.90 Å². The van der Waals surface area contributed by atoms with E-state index >= 15 is 0 Å². The normalized spacial score (nSPS) is 12.3. The number of carbonyl (C=O) groups is 2. The maximum absolute atomic E-state index is 14.4. The average Bonchev–Trinajstić information content (AvgIpc) is 3.81. The predicted molar refractivity (Wildman–Crippen MR) is 173 cm³/mol. The molecule has 0 saturated heterocycles. The van der Waals surface area contributed by atoms with Crippen molar-refractivity contribution in [2.75, 3.05) is 24.2 Å². The lowest BCUT2D eigenvalue weighted by atomic mass is 10.1. The monoisotopic (exact) mass is 678 g/mol. The van der Waals surface area contributed by atoms with Crippen molar-refractivity contribution in [1.29, 1.82) is 0 Å². The number of fused-ring (bicyclic) bond motifs is 2. The van der Waals surface area contributed by atoms with Crippen molar-refractivity contribution in [3.63, 3.8) is 0 Å². The fourth-order valence-corrected chi connectivity index (χ4v) is 7.23. The summed E-state index contributed by atoms with van der Waals surface area (Å²) in [5.41, 5.74) is 1.88. The average molecular weight is 679 g/mol. The Morgan fingerprint density at radius 3 is 2.43 bits per heavy atom. The third-order valence-corrected chi connectivity index (χ3v) is 9.98. The summed E-state index contributed by atoms with van der Waals surface area (Å²) >= 11 is 6.42. The predicted octanol–water partition coefficient (Wildman–Crippen LogP) is 6.95. The maximum atomic E-state index is 14.4. The summed E-state index contributed by atoms with van der Waals surface area (Å²) in [5, 5.41) is 0.743. The van der Waals surface area contributed by atoms with Gasteiger partial charge in [-0.1, -0.05) is 23.7 Å². The highest BCUT2D eigenvalue weighted by molar-refractivity contribution is 7.92. The van der Waals surface area contributed by atoms with Crippen molar-refractivity contribution in [3.8, 4) is 11.5 Å². The van der Waals surface area contributed by atoms with Crippen molar-refractivity contribution >= 4 is 50.2 Å². The molecule has 3 aromatic carbocycles. The van der Waals surface area contributed by atoms with E-state index < -0.39 is 16.0 Å². The van der Waals surface area contributed by atoms with Gasteiger partial charge in [0.1, 0.15) is 11.3 Å². The van der Waals surface area contributed by atoms with Gasteiger partial charge < -0.3 is 27.9 Å². The number of halogens is 1. The second-order valence-corrected chi connectivity index (χ2v) is 12.9. The number of rotatable bonds is 11. The van der Waals surface area contributed by atoms with Crippen LogP contribution in [0.3, 0.4) is 0 Å². The highest BCUT2D eigenvalue weighted by Gasteiger charge is 2.31. The van der Waals surface area contributed by atoms with Crippen LogP contribution in [0.5, 0.6) is 11.5 Å². The molecule has 0 atom stereocenters. The molecule has 11 nitrogen and oxygen atoms in total. The zero-order valence-corrected chi connectivity index (χ0v) is 27.4. The molecule has 0 saturated carbocycles. The van der Waals surface area contributed by atoms with E-state index in [9.17, 15) is 18.0 Å². The standard InChI is InChI=1S/C34H31ClN2O9S/c1-4-37(47(40,41)24-12-13-29-26(16-24)21(3)32(46-29)34(39)42-5-2)28-17-31-30(44-20-45-31)15-22(28)18-36(19-23-9-8-14-43-23)33(38)25-10-6-7-11-27(25)35/h6-17H,4-5,18-20H2,1-3H3. The number of hydrogen-bond acceptors (Lipinski definition) is 9. The molecule has 2 aromatic heterocycles.